The molecule has 70 valence electrons. The van der Waals surface area contributed by atoms with Gasteiger partial charge in [0.15, 0.2) is 0 Å². The molecule has 1 saturated carbocycles. The van der Waals surface area contributed by atoms with Gasteiger partial charge in [0, 0.05) is 6.04 Å². The number of alkyl halides is 1. The summed E-state index contributed by atoms with van der Waals surface area (Å²) in [6, 6.07) is 0.0466. The maximum atomic E-state index is 12.1. The molecule has 0 aromatic heterocycles. The van der Waals surface area contributed by atoms with Gasteiger partial charge in [0.25, 0.3) is 0 Å². The first-order valence-corrected chi connectivity index (χ1v) is 4.27. The second-order valence-electron chi connectivity index (χ2n) is 3.32. The normalized spacial score (nSPS) is 29.8. The minimum absolute atomic E-state index is 0.0466. The van der Waals surface area contributed by atoms with Crippen LogP contribution in [0, 0.1) is 5.92 Å². The van der Waals surface area contributed by atoms with E-state index in [0.29, 0.717) is 0 Å². The van der Waals surface area contributed by atoms with Gasteiger partial charge in [0.05, 0.1) is 6.67 Å². The van der Waals surface area contributed by atoms with Crippen LogP contribution < -0.4 is 5.32 Å². The van der Waals surface area contributed by atoms with E-state index in [4.69, 9.17) is 5.11 Å². The summed E-state index contributed by atoms with van der Waals surface area (Å²) in [5, 5.41) is 10.8. The minimum atomic E-state index is -0.973. The van der Waals surface area contributed by atoms with E-state index in [9.17, 15) is 9.18 Å². The van der Waals surface area contributed by atoms with Crippen LogP contribution in [0.3, 0.4) is 0 Å². The second-order valence-corrected chi connectivity index (χ2v) is 3.32. The van der Waals surface area contributed by atoms with Crippen LogP contribution in [0.5, 0.6) is 0 Å². The Labute approximate surface area is 71.0 Å². The first kappa shape index (κ1) is 9.29. The van der Waals surface area contributed by atoms with Gasteiger partial charge in [-0.1, -0.05) is 0 Å². The molecule has 0 aromatic rings. The van der Waals surface area contributed by atoms with Crippen LogP contribution in [-0.4, -0.2) is 23.9 Å². The highest BCUT2D eigenvalue weighted by atomic mass is 19.1. The van der Waals surface area contributed by atoms with Gasteiger partial charge in [0.1, 0.15) is 0 Å². The summed E-state index contributed by atoms with van der Waals surface area (Å²) < 4.78 is 12.1. The van der Waals surface area contributed by atoms with Crippen LogP contribution in [0.4, 0.5) is 9.18 Å². The van der Waals surface area contributed by atoms with Crippen LogP contribution in [0.1, 0.15) is 25.7 Å². The van der Waals surface area contributed by atoms with Gasteiger partial charge in [-0.15, -0.1) is 0 Å². The Morgan fingerprint density at radius 3 is 2.42 bits per heavy atom. The predicted octanol–water partition coefficient (Wildman–Crippen LogP) is 1.78. The molecule has 1 fully saturated rings. The van der Waals surface area contributed by atoms with Crippen molar-refractivity contribution in [1.29, 1.82) is 0 Å². The number of rotatable bonds is 2. The molecule has 0 aliphatic heterocycles. The zero-order valence-electron chi connectivity index (χ0n) is 6.92. The van der Waals surface area contributed by atoms with E-state index < -0.39 is 6.09 Å². The Morgan fingerprint density at radius 1 is 1.42 bits per heavy atom. The molecule has 4 heteroatoms. The number of nitrogens with one attached hydrogen (secondary N) is 1. The number of halogens is 1. The predicted molar refractivity (Wildman–Crippen MR) is 42.9 cm³/mol. The maximum absolute atomic E-state index is 12.1. The molecule has 1 aliphatic carbocycles. The third kappa shape index (κ3) is 2.68. The highest BCUT2D eigenvalue weighted by molar-refractivity contribution is 5.64. The minimum Gasteiger partial charge on any atom is -0.465 e. The average molecular weight is 175 g/mol. The van der Waals surface area contributed by atoms with E-state index in [2.05, 4.69) is 5.32 Å². The van der Waals surface area contributed by atoms with Crippen molar-refractivity contribution in [1.82, 2.24) is 5.32 Å². The summed E-state index contributed by atoms with van der Waals surface area (Å²) in [5.41, 5.74) is 0. The summed E-state index contributed by atoms with van der Waals surface area (Å²) in [4.78, 5) is 10.2. The van der Waals surface area contributed by atoms with Crippen molar-refractivity contribution in [3.05, 3.63) is 0 Å². The van der Waals surface area contributed by atoms with Crippen molar-refractivity contribution < 1.29 is 14.3 Å². The Kier molecular flexibility index (Phi) is 3.31. The third-order valence-electron chi connectivity index (χ3n) is 2.39. The molecular weight excluding hydrogens is 161 g/mol. The number of hydrogen-bond acceptors (Lipinski definition) is 1. The molecule has 2 N–H and O–H groups in total. The molecule has 1 rings (SSSR count). The van der Waals surface area contributed by atoms with Crippen LogP contribution in [-0.2, 0) is 0 Å². The lowest BCUT2D eigenvalue weighted by Crippen LogP contribution is -2.36. The first-order valence-electron chi connectivity index (χ1n) is 4.27. The molecule has 0 radical (unpaired) electrons. The van der Waals surface area contributed by atoms with Gasteiger partial charge in [-0.2, -0.15) is 0 Å². The van der Waals surface area contributed by atoms with Crippen molar-refractivity contribution >= 4 is 6.09 Å². The van der Waals surface area contributed by atoms with Crippen LogP contribution >= 0.6 is 0 Å². The van der Waals surface area contributed by atoms with Gasteiger partial charge in [-0.25, -0.2) is 4.79 Å². The van der Waals surface area contributed by atoms with E-state index in [1.165, 1.54) is 0 Å². The lowest BCUT2D eigenvalue weighted by molar-refractivity contribution is 0.179. The number of carbonyl (C=O) groups is 1. The van der Waals surface area contributed by atoms with Crippen molar-refractivity contribution in [2.45, 2.75) is 31.7 Å². The molecule has 0 heterocycles. The summed E-state index contributed by atoms with van der Waals surface area (Å²) in [5.74, 6) is 0.164. The van der Waals surface area contributed by atoms with Gasteiger partial charge in [-0.05, 0) is 31.6 Å². The molecule has 0 aromatic carbocycles. The van der Waals surface area contributed by atoms with Gasteiger partial charge in [-0.3, -0.25) is 4.39 Å². The standard InChI is InChI=1S/C8H14FNO2/c9-5-6-1-3-7(4-2-6)10-8(11)12/h6-7,10H,1-5H2,(H,11,12). The monoisotopic (exact) mass is 175 g/mol. The van der Waals surface area contributed by atoms with Crippen LogP contribution in [0.2, 0.25) is 0 Å². The maximum Gasteiger partial charge on any atom is 0.404 e. The molecule has 3 nitrogen and oxygen atoms in total. The highest BCUT2D eigenvalue weighted by Gasteiger charge is 2.21. The third-order valence-corrected chi connectivity index (χ3v) is 2.39. The Balaban J connectivity index is 2.21. The molecular formula is C8H14FNO2. The van der Waals surface area contributed by atoms with Gasteiger partial charge < -0.3 is 10.4 Å². The summed E-state index contributed by atoms with van der Waals surface area (Å²) >= 11 is 0. The van der Waals surface area contributed by atoms with Crippen molar-refractivity contribution in [3.8, 4) is 0 Å². The number of carboxylic acid groups (broad SMARTS) is 1. The summed E-state index contributed by atoms with van der Waals surface area (Å²) in [6.45, 7) is -0.264. The molecule has 1 aliphatic rings. The highest BCUT2D eigenvalue weighted by Crippen LogP contribution is 2.24. The van der Waals surface area contributed by atoms with Crippen LogP contribution in [0.15, 0.2) is 0 Å². The summed E-state index contributed by atoms with van der Waals surface area (Å²) in [6.07, 6.45) is 2.20. The molecule has 0 spiro atoms. The zero-order valence-corrected chi connectivity index (χ0v) is 6.92. The van der Waals surface area contributed by atoms with E-state index in [1.807, 2.05) is 0 Å². The van der Waals surface area contributed by atoms with Crippen molar-refractivity contribution in [3.63, 3.8) is 0 Å². The SMILES string of the molecule is O=C(O)NC1CCC(CF)CC1. The Morgan fingerprint density at radius 2 is 2.00 bits per heavy atom. The quantitative estimate of drug-likeness (QED) is 0.672. The largest absolute Gasteiger partial charge is 0.465 e. The fourth-order valence-electron chi connectivity index (χ4n) is 1.64. The van der Waals surface area contributed by atoms with Crippen LogP contribution in [0.25, 0.3) is 0 Å². The van der Waals surface area contributed by atoms with E-state index in [0.717, 1.165) is 25.7 Å². The van der Waals surface area contributed by atoms with E-state index in [-0.39, 0.29) is 18.6 Å². The Hall–Kier alpha value is -0.800. The van der Waals surface area contributed by atoms with Gasteiger partial charge in [0.2, 0.25) is 0 Å². The van der Waals surface area contributed by atoms with Crippen molar-refractivity contribution in [2.24, 2.45) is 5.92 Å². The first-order chi connectivity index (χ1) is 5.72. The lowest BCUT2D eigenvalue weighted by atomic mass is 9.87. The molecule has 0 unspecified atom stereocenters. The van der Waals surface area contributed by atoms with E-state index in [1.54, 1.807) is 0 Å². The number of hydrogen-bond donors (Lipinski definition) is 2. The Bertz CT molecular complexity index is 155. The zero-order chi connectivity index (χ0) is 8.97. The van der Waals surface area contributed by atoms with Crippen molar-refractivity contribution in [2.75, 3.05) is 6.67 Å². The fraction of sp³-hybridized carbons (Fsp3) is 0.875. The summed E-state index contributed by atoms with van der Waals surface area (Å²) in [7, 11) is 0. The fourth-order valence-corrected chi connectivity index (χ4v) is 1.64. The number of amides is 1. The molecule has 0 saturated heterocycles. The second kappa shape index (κ2) is 4.28. The molecule has 12 heavy (non-hydrogen) atoms. The lowest BCUT2D eigenvalue weighted by Gasteiger charge is -2.26. The molecule has 0 atom stereocenters. The molecule has 0 bridgehead atoms. The smallest absolute Gasteiger partial charge is 0.404 e. The van der Waals surface area contributed by atoms with Gasteiger partial charge >= 0.3 is 6.09 Å². The van der Waals surface area contributed by atoms with E-state index >= 15 is 0 Å². The average Bonchev–Trinajstić information content (AvgIpc) is 2.05. The topological polar surface area (TPSA) is 49.3 Å². The molecule has 1 amide bonds.